The summed E-state index contributed by atoms with van der Waals surface area (Å²) in [6.07, 6.45) is 5.48. The highest BCUT2D eigenvalue weighted by atomic mass is 32.2. The van der Waals surface area contributed by atoms with Crippen LogP contribution in [0.15, 0.2) is 12.3 Å². The molecule has 1 N–H and O–H groups in total. The molecule has 12 heavy (non-hydrogen) atoms. The van der Waals surface area contributed by atoms with Crippen LogP contribution in [0.1, 0.15) is 32.6 Å². The quantitative estimate of drug-likeness (QED) is 0.658. The zero-order valence-electron chi connectivity index (χ0n) is 7.68. The summed E-state index contributed by atoms with van der Waals surface area (Å²) < 4.78 is 3.39. The molecule has 0 aromatic heterocycles. The summed E-state index contributed by atoms with van der Waals surface area (Å²) in [6, 6.07) is 0. The van der Waals surface area contributed by atoms with Gasteiger partial charge in [0.15, 0.2) is 0 Å². The Morgan fingerprint density at radius 3 is 2.83 bits per heavy atom. The first-order chi connectivity index (χ1) is 5.81. The fourth-order valence-electron chi connectivity index (χ4n) is 1.55. The molecule has 2 unspecified atom stereocenters. The Labute approximate surface area is 79.1 Å². The molecule has 2 fully saturated rings. The second-order valence-corrected chi connectivity index (χ2v) is 5.06. The molecule has 0 radical (unpaired) electrons. The van der Waals surface area contributed by atoms with Crippen LogP contribution < -0.4 is 4.72 Å². The Balaban J connectivity index is 1.64. The zero-order chi connectivity index (χ0) is 8.55. The molecule has 0 aromatic rings. The third kappa shape index (κ3) is 1.98. The lowest BCUT2D eigenvalue weighted by molar-refractivity contribution is 0.727. The summed E-state index contributed by atoms with van der Waals surface area (Å²) in [4.78, 5) is 0. The van der Waals surface area contributed by atoms with Crippen LogP contribution in [-0.2, 0) is 0 Å². The summed E-state index contributed by atoms with van der Waals surface area (Å²) in [6.45, 7) is 6.35. The second kappa shape index (κ2) is 3.33. The first-order valence-electron chi connectivity index (χ1n) is 4.91. The Kier molecular flexibility index (Phi) is 2.35. The number of nitrogens with one attached hydrogen (secondary N) is 1. The zero-order valence-corrected chi connectivity index (χ0v) is 8.49. The van der Waals surface area contributed by atoms with E-state index in [2.05, 4.69) is 18.2 Å². The van der Waals surface area contributed by atoms with E-state index in [9.17, 15) is 0 Å². The van der Waals surface area contributed by atoms with Crippen LogP contribution in [0.2, 0.25) is 0 Å². The van der Waals surface area contributed by atoms with Gasteiger partial charge in [-0.1, -0.05) is 19.9 Å². The predicted octanol–water partition coefficient (Wildman–Crippen LogP) is 2.95. The van der Waals surface area contributed by atoms with E-state index in [1.165, 1.54) is 31.4 Å². The molecule has 0 bridgehead atoms. The van der Waals surface area contributed by atoms with Gasteiger partial charge in [-0.05, 0) is 37.1 Å². The van der Waals surface area contributed by atoms with Crippen molar-refractivity contribution in [3.63, 3.8) is 0 Å². The fraction of sp³-hybridized carbons (Fsp3) is 0.800. The van der Waals surface area contributed by atoms with Gasteiger partial charge in [0.2, 0.25) is 0 Å². The van der Waals surface area contributed by atoms with Crippen molar-refractivity contribution in [3.8, 4) is 0 Å². The monoisotopic (exact) mass is 183 g/mol. The van der Waals surface area contributed by atoms with Gasteiger partial charge in [0.25, 0.3) is 0 Å². The van der Waals surface area contributed by atoms with Gasteiger partial charge >= 0.3 is 0 Å². The average Bonchev–Trinajstić information content (AvgIpc) is 2.94. The minimum atomic E-state index is 0.793. The van der Waals surface area contributed by atoms with E-state index in [-0.39, 0.29) is 0 Å². The average molecular weight is 183 g/mol. The van der Waals surface area contributed by atoms with Crippen molar-refractivity contribution in [3.05, 3.63) is 12.3 Å². The molecule has 0 saturated heterocycles. The highest BCUT2D eigenvalue weighted by Gasteiger charge is 2.37. The highest BCUT2D eigenvalue weighted by molar-refractivity contribution is 7.98. The summed E-state index contributed by atoms with van der Waals surface area (Å²) in [7, 11) is 0. The maximum atomic E-state index is 4.08. The molecule has 68 valence electrons. The van der Waals surface area contributed by atoms with E-state index in [1.54, 1.807) is 0 Å². The van der Waals surface area contributed by atoms with Crippen molar-refractivity contribution >= 4 is 11.9 Å². The maximum absolute atomic E-state index is 4.08. The standard InChI is InChI=1S/C10H17NS/c1-3-8-6-10(8)7(2)11-12-9-4-5-9/h8-11H,2-6H2,1H3. The summed E-state index contributed by atoms with van der Waals surface area (Å²) >= 11 is 1.88. The Morgan fingerprint density at radius 2 is 2.33 bits per heavy atom. The molecule has 0 amide bonds. The van der Waals surface area contributed by atoms with Gasteiger partial charge in [-0.15, -0.1) is 0 Å². The molecule has 2 aliphatic rings. The van der Waals surface area contributed by atoms with Crippen LogP contribution >= 0.6 is 11.9 Å². The molecule has 2 rings (SSSR count). The Morgan fingerprint density at radius 1 is 1.58 bits per heavy atom. The number of hydrogen-bond donors (Lipinski definition) is 1. The normalized spacial score (nSPS) is 33.1. The van der Waals surface area contributed by atoms with E-state index < -0.39 is 0 Å². The fourth-order valence-corrected chi connectivity index (χ4v) is 2.39. The minimum Gasteiger partial charge on any atom is -0.334 e. The van der Waals surface area contributed by atoms with Crippen LogP contribution in [0.25, 0.3) is 0 Å². The number of hydrogen-bond acceptors (Lipinski definition) is 2. The molecule has 0 aliphatic heterocycles. The second-order valence-electron chi connectivity index (χ2n) is 3.96. The smallest absolute Gasteiger partial charge is 0.0246 e. The molecule has 1 nitrogen and oxygen atoms in total. The maximum Gasteiger partial charge on any atom is 0.0246 e. The first-order valence-corrected chi connectivity index (χ1v) is 5.79. The summed E-state index contributed by atoms with van der Waals surface area (Å²) in [5, 5.41) is 0.889. The van der Waals surface area contributed by atoms with Crippen LogP contribution in [0.5, 0.6) is 0 Å². The lowest BCUT2D eigenvalue weighted by Gasteiger charge is -2.06. The lowest BCUT2D eigenvalue weighted by atomic mass is 10.2. The SMILES string of the molecule is C=C(NSC1CC1)C1CC1CC. The van der Waals surface area contributed by atoms with Gasteiger partial charge in [0.05, 0.1) is 0 Å². The number of allylic oxidation sites excluding steroid dienone is 1. The minimum absolute atomic E-state index is 0.793. The van der Waals surface area contributed by atoms with E-state index in [1.807, 2.05) is 11.9 Å². The van der Waals surface area contributed by atoms with Crippen molar-refractivity contribution in [2.75, 3.05) is 0 Å². The summed E-state index contributed by atoms with van der Waals surface area (Å²) in [5.74, 6) is 1.73. The van der Waals surface area contributed by atoms with Gasteiger partial charge in [-0.3, -0.25) is 0 Å². The topological polar surface area (TPSA) is 12.0 Å². The molecule has 0 heterocycles. The van der Waals surface area contributed by atoms with E-state index in [4.69, 9.17) is 0 Å². The first kappa shape index (κ1) is 8.49. The molecule has 2 saturated carbocycles. The lowest BCUT2D eigenvalue weighted by Crippen LogP contribution is -2.06. The Hall–Kier alpha value is -0.110. The molecule has 2 atom stereocenters. The van der Waals surface area contributed by atoms with Crippen LogP contribution in [-0.4, -0.2) is 5.25 Å². The largest absolute Gasteiger partial charge is 0.334 e. The van der Waals surface area contributed by atoms with E-state index >= 15 is 0 Å². The van der Waals surface area contributed by atoms with Crippen molar-refractivity contribution in [2.24, 2.45) is 11.8 Å². The van der Waals surface area contributed by atoms with Crippen LogP contribution in [0.4, 0.5) is 0 Å². The Bertz CT molecular complexity index is 186. The number of rotatable bonds is 5. The van der Waals surface area contributed by atoms with Crippen molar-refractivity contribution in [1.82, 2.24) is 4.72 Å². The molecule has 0 aromatic carbocycles. The molecule has 2 aliphatic carbocycles. The molecular formula is C10H17NS. The van der Waals surface area contributed by atoms with Crippen molar-refractivity contribution < 1.29 is 0 Å². The predicted molar refractivity (Wildman–Crippen MR) is 54.8 cm³/mol. The van der Waals surface area contributed by atoms with Crippen LogP contribution in [0, 0.1) is 11.8 Å². The third-order valence-corrected chi connectivity index (χ3v) is 3.96. The molecule has 2 heteroatoms. The van der Waals surface area contributed by atoms with Gasteiger partial charge in [0, 0.05) is 16.9 Å². The third-order valence-electron chi connectivity index (χ3n) is 2.78. The van der Waals surface area contributed by atoms with Crippen molar-refractivity contribution in [1.29, 1.82) is 0 Å². The van der Waals surface area contributed by atoms with Crippen LogP contribution in [0.3, 0.4) is 0 Å². The van der Waals surface area contributed by atoms with Gasteiger partial charge in [-0.2, -0.15) is 0 Å². The van der Waals surface area contributed by atoms with Gasteiger partial charge < -0.3 is 4.72 Å². The van der Waals surface area contributed by atoms with Gasteiger partial charge in [-0.25, -0.2) is 0 Å². The highest BCUT2D eigenvalue weighted by Crippen LogP contribution is 2.46. The molecule has 0 spiro atoms. The summed E-state index contributed by atoms with van der Waals surface area (Å²) in [5.41, 5.74) is 1.28. The van der Waals surface area contributed by atoms with Gasteiger partial charge in [0.1, 0.15) is 0 Å². The van der Waals surface area contributed by atoms with Crippen molar-refractivity contribution in [2.45, 2.75) is 37.9 Å². The van der Waals surface area contributed by atoms with E-state index in [0.717, 1.165) is 17.1 Å². The van der Waals surface area contributed by atoms with E-state index in [0.29, 0.717) is 0 Å². The molecular weight excluding hydrogens is 166 g/mol.